The van der Waals surface area contributed by atoms with Crippen LogP contribution in [0.5, 0.6) is 11.5 Å². The summed E-state index contributed by atoms with van der Waals surface area (Å²) in [6.07, 6.45) is 1.27. The first kappa shape index (κ1) is 24.6. The molecule has 1 N–H and O–H groups in total. The second-order valence-corrected chi connectivity index (χ2v) is 9.03. The number of likely N-dealkylation sites (tertiary alicyclic amines) is 1. The maximum absolute atomic E-state index is 13.4. The van der Waals surface area contributed by atoms with Crippen molar-refractivity contribution in [3.05, 3.63) is 59.2 Å². The lowest BCUT2D eigenvalue weighted by atomic mass is 9.87. The molecule has 35 heavy (non-hydrogen) atoms. The van der Waals surface area contributed by atoms with Gasteiger partial charge < -0.3 is 24.6 Å². The lowest BCUT2D eigenvalue weighted by Crippen LogP contribution is -2.54. The second-order valence-electron chi connectivity index (χ2n) is 9.03. The van der Waals surface area contributed by atoms with E-state index in [1.54, 1.807) is 23.1 Å². The SMILES string of the molecule is CCN(CC)C(=O)C(NC(=O)c1ccc2c(c1)OCO2)C1CCN(C(=O)c2ccc(C)cc2)CC1. The van der Waals surface area contributed by atoms with E-state index in [-0.39, 0.29) is 30.4 Å². The maximum Gasteiger partial charge on any atom is 0.253 e. The molecule has 4 rings (SSSR count). The van der Waals surface area contributed by atoms with Crippen molar-refractivity contribution in [2.45, 2.75) is 39.7 Å². The fourth-order valence-electron chi connectivity index (χ4n) is 4.69. The Hall–Kier alpha value is -3.55. The van der Waals surface area contributed by atoms with Gasteiger partial charge >= 0.3 is 0 Å². The lowest BCUT2D eigenvalue weighted by molar-refractivity contribution is -0.134. The Labute approximate surface area is 206 Å². The molecule has 2 aliphatic heterocycles. The first-order valence-electron chi connectivity index (χ1n) is 12.3. The topological polar surface area (TPSA) is 88.2 Å². The monoisotopic (exact) mass is 479 g/mol. The Bertz CT molecular complexity index is 1070. The van der Waals surface area contributed by atoms with Crippen molar-refractivity contribution in [3.63, 3.8) is 0 Å². The lowest BCUT2D eigenvalue weighted by Gasteiger charge is -2.37. The summed E-state index contributed by atoms with van der Waals surface area (Å²) in [7, 11) is 0. The summed E-state index contributed by atoms with van der Waals surface area (Å²) < 4.78 is 10.7. The minimum absolute atomic E-state index is 0.000495. The van der Waals surface area contributed by atoms with E-state index in [9.17, 15) is 14.4 Å². The summed E-state index contributed by atoms with van der Waals surface area (Å²) in [6.45, 7) is 8.20. The molecule has 0 radical (unpaired) electrons. The Balaban J connectivity index is 1.47. The van der Waals surface area contributed by atoms with E-state index in [0.717, 1.165) is 5.56 Å². The molecule has 1 unspecified atom stereocenters. The number of likely N-dealkylation sites (N-methyl/N-ethyl adjacent to an activating group) is 1. The average Bonchev–Trinajstić information content (AvgIpc) is 3.36. The van der Waals surface area contributed by atoms with Crippen LogP contribution in [0.25, 0.3) is 0 Å². The molecule has 1 fully saturated rings. The van der Waals surface area contributed by atoms with Crippen LogP contribution in [0, 0.1) is 12.8 Å². The molecule has 186 valence electrons. The molecule has 0 aliphatic carbocycles. The van der Waals surface area contributed by atoms with Gasteiger partial charge in [0.25, 0.3) is 11.8 Å². The van der Waals surface area contributed by atoms with Gasteiger partial charge in [-0.15, -0.1) is 0 Å². The first-order valence-corrected chi connectivity index (χ1v) is 12.3. The normalized spacial score (nSPS) is 16.0. The van der Waals surface area contributed by atoms with E-state index in [1.807, 2.05) is 49.9 Å². The fourth-order valence-corrected chi connectivity index (χ4v) is 4.69. The fraction of sp³-hybridized carbons (Fsp3) is 0.444. The molecule has 1 atom stereocenters. The Morgan fingerprint density at radius 1 is 0.971 bits per heavy atom. The molecule has 2 aromatic carbocycles. The smallest absolute Gasteiger partial charge is 0.253 e. The van der Waals surface area contributed by atoms with Gasteiger partial charge in [-0.3, -0.25) is 14.4 Å². The van der Waals surface area contributed by atoms with E-state index < -0.39 is 6.04 Å². The highest BCUT2D eigenvalue weighted by Crippen LogP contribution is 2.32. The van der Waals surface area contributed by atoms with Gasteiger partial charge in [0, 0.05) is 37.3 Å². The summed E-state index contributed by atoms with van der Waals surface area (Å²) in [5.74, 6) is 0.636. The van der Waals surface area contributed by atoms with Gasteiger partial charge in [0.1, 0.15) is 6.04 Å². The number of nitrogens with zero attached hydrogens (tertiary/aromatic N) is 2. The van der Waals surface area contributed by atoms with Gasteiger partial charge in [-0.25, -0.2) is 0 Å². The number of carbonyl (C=O) groups excluding carboxylic acids is 3. The van der Waals surface area contributed by atoms with Crippen LogP contribution >= 0.6 is 0 Å². The largest absolute Gasteiger partial charge is 0.454 e. The predicted molar refractivity (Wildman–Crippen MR) is 132 cm³/mol. The van der Waals surface area contributed by atoms with Crippen LogP contribution in [0.4, 0.5) is 0 Å². The number of piperidine rings is 1. The number of amides is 3. The zero-order valence-corrected chi connectivity index (χ0v) is 20.6. The molecule has 8 heteroatoms. The zero-order valence-electron chi connectivity index (χ0n) is 20.6. The molecule has 0 aromatic heterocycles. The summed E-state index contributed by atoms with van der Waals surface area (Å²) in [4.78, 5) is 43.1. The molecule has 0 spiro atoms. The quantitative estimate of drug-likeness (QED) is 0.659. The minimum Gasteiger partial charge on any atom is -0.454 e. The molecule has 0 saturated carbocycles. The van der Waals surface area contributed by atoms with Crippen molar-refractivity contribution in [3.8, 4) is 11.5 Å². The van der Waals surface area contributed by atoms with Crippen LogP contribution in [0.2, 0.25) is 0 Å². The number of nitrogens with one attached hydrogen (secondary N) is 1. The van der Waals surface area contributed by atoms with Crippen molar-refractivity contribution in [1.29, 1.82) is 0 Å². The first-order chi connectivity index (χ1) is 16.9. The third-order valence-corrected chi connectivity index (χ3v) is 6.86. The molecule has 2 heterocycles. The highest BCUT2D eigenvalue weighted by Gasteiger charge is 2.36. The number of ether oxygens (including phenoxy) is 2. The number of carbonyl (C=O) groups is 3. The van der Waals surface area contributed by atoms with Gasteiger partial charge in [-0.05, 0) is 69.9 Å². The van der Waals surface area contributed by atoms with Gasteiger partial charge in [-0.1, -0.05) is 17.7 Å². The zero-order chi connectivity index (χ0) is 24.9. The molecule has 2 aromatic rings. The predicted octanol–water partition coefficient (Wildman–Crippen LogP) is 3.24. The van der Waals surface area contributed by atoms with E-state index >= 15 is 0 Å². The summed E-state index contributed by atoms with van der Waals surface area (Å²) >= 11 is 0. The summed E-state index contributed by atoms with van der Waals surface area (Å²) in [5, 5.41) is 3.00. The third-order valence-electron chi connectivity index (χ3n) is 6.86. The molecule has 3 amide bonds. The van der Waals surface area contributed by atoms with Crippen molar-refractivity contribution in [2.24, 2.45) is 5.92 Å². The number of fused-ring (bicyclic) bond motifs is 1. The van der Waals surface area contributed by atoms with E-state index in [2.05, 4.69) is 5.32 Å². The number of aryl methyl sites for hydroxylation is 1. The van der Waals surface area contributed by atoms with Crippen molar-refractivity contribution >= 4 is 17.7 Å². The van der Waals surface area contributed by atoms with Gasteiger partial charge in [-0.2, -0.15) is 0 Å². The van der Waals surface area contributed by atoms with Crippen molar-refractivity contribution in [2.75, 3.05) is 33.0 Å². The Morgan fingerprint density at radius 2 is 1.60 bits per heavy atom. The highest BCUT2D eigenvalue weighted by atomic mass is 16.7. The van der Waals surface area contributed by atoms with Crippen LogP contribution in [-0.2, 0) is 4.79 Å². The Morgan fingerprint density at radius 3 is 2.26 bits per heavy atom. The average molecular weight is 480 g/mol. The third kappa shape index (κ3) is 5.42. The van der Waals surface area contributed by atoms with E-state index in [0.29, 0.717) is 61.6 Å². The van der Waals surface area contributed by atoms with Crippen LogP contribution < -0.4 is 14.8 Å². The summed E-state index contributed by atoms with van der Waals surface area (Å²) in [6, 6.07) is 11.9. The van der Waals surface area contributed by atoms with E-state index in [1.165, 1.54) is 0 Å². The minimum atomic E-state index is -0.663. The highest BCUT2D eigenvalue weighted by molar-refractivity contribution is 5.98. The molecular weight excluding hydrogens is 446 g/mol. The van der Waals surface area contributed by atoms with Crippen molar-refractivity contribution < 1.29 is 23.9 Å². The van der Waals surface area contributed by atoms with Gasteiger partial charge in [0.2, 0.25) is 12.7 Å². The second kappa shape index (κ2) is 10.8. The van der Waals surface area contributed by atoms with Gasteiger partial charge in [0.05, 0.1) is 0 Å². The standard InChI is InChI=1S/C27H33N3O5/c1-4-29(5-2)27(33)24(28-25(31)21-10-11-22-23(16-21)35-17-34-22)19-12-14-30(15-13-19)26(32)20-8-6-18(3)7-9-20/h6-11,16,19,24H,4-5,12-15,17H2,1-3H3,(H,28,31). The summed E-state index contributed by atoms with van der Waals surface area (Å²) in [5.41, 5.74) is 2.19. The number of benzene rings is 2. The molecule has 8 nitrogen and oxygen atoms in total. The molecule has 2 aliphatic rings. The van der Waals surface area contributed by atoms with Crippen LogP contribution in [0.15, 0.2) is 42.5 Å². The van der Waals surface area contributed by atoms with Crippen LogP contribution in [0.1, 0.15) is 53.0 Å². The Kier molecular flexibility index (Phi) is 7.58. The molecular formula is C27H33N3O5. The number of hydrogen-bond acceptors (Lipinski definition) is 5. The van der Waals surface area contributed by atoms with Crippen LogP contribution in [0.3, 0.4) is 0 Å². The number of rotatable bonds is 7. The maximum atomic E-state index is 13.4. The van der Waals surface area contributed by atoms with E-state index in [4.69, 9.17) is 9.47 Å². The van der Waals surface area contributed by atoms with Crippen molar-refractivity contribution in [1.82, 2.24) is 15.1 Å². The molecule has 1 saturated heterocycles. The van der Waals surface area contributed by atoms with Crippen LogP contribution in [-0.4, -0.2) is 66.5 Å². The van der Waals surface area contributed by atoms with Gasteiger partial charge in [0.15, 0.2) is 11.5 Å². The molecule has 0 bridgehead atoms. The number of hydrogen-bond donors (Lipinski definition) is 1.